The number of hydrogen-bond acceptors (Lipinski definition) is 8. The summed E-state index contributed by atoms with van der Waals surface area (Å²) in [4.78, 5) is 47.1. The molecule has 0 aliphatic rings. The highest BCUT2D eigenvalue weighted by atomic mass is 16.4. The van der Waals surface area contributed by atoms with Gasteiger partial charge in [-0.25, -0.2) is 4.79 Å². The minimum atomic E-state index is -1.65. The lowest BCUT2D eigenvalue weighted by Gasteiger charge is -2.24. The van der Waals surface area contributed by atoms with Crippen LogP contribution in [0.1, 0.15) is 20.8 Å². The van der Waals surface area contributed by atoms with Crippen LogP contribution in [0.25, 0.3) is 0 Å². The SMILES string of the molecule is CC(C)[C@H](N)C(=O)N[C@@H](CO)C(=O)N[C@@H](CO)C(=O)N[C@H](C(=O)O)[C@@H](C)O. The van der Waals surface area contributed by atoms with E-state index in [0.717, 1.165) is 6.92 Å². The molecule has 0 aromatic heterocycles. The largest absolute Gasteiger partial charge is 0.480 e. The van der Waals surface area contributed by atoms with Gasteiger partial charge in [-0.3, -0.25) is 14.4 Å². The van der Waals surface area contributed by atoms with Crippen LogP contribution in [0.15, 0.2) is 0 Å². The first kappa shape index (κ1) is 24.7. The molecular weight excluding hydrogens is 364 g/mol. The maximum absolute atomic E-state index is 12.1. The van der Waals surface area contributed by atoms with Crippen molar-refractivity contribution in [1.29, 1.82) is 0 Å². The van der Waals surface area contributed by atoms with Crippen LogP contribution in [0.3, 0.4) is 0 Å². The summed E-state index contributed by atoms with van der Waals surface area (Å²) in [5.74, 6) is -4.48. The van der Waals surface area contributed by atoms with Gasteiger partial charge in [-0.1, -0.05) is 13.8 Å². The van der Waals surface area contributed by atoms with Crippen molar-refractivity contribution in [2.75, 3.05) is 13.2 Å². The van der Waals surface area contributed by atoms with Crippen molar-refractivity contribution in [1.82, 2.24) is 16.0 Å². The van der Waals surface area contributed by atoms with Gasteiger partial charge in [0.15, 0.2) is 6.04 Å². The number of aliphatic hydroxyl groups is 3. The molecule has 0 fully saturated rings. The molecule has 0 aromatic carbocycles. The number of nitrogens with two attached hydrogens (primary N) is 1. The summed E-state index contributed by atoms with van der Waals surface area (Å²) in [5.41, 5.74) is 5.64. The fourth-order valence-corrected chi connectivity index (χ4v) is 1.87. The number of carbonyl (C=O) groups excluding carboxylic acids is 3. The monoisotopic (exact) mass is 392 g/mol. The number of carboxylic acid groups (broad SMARTS) is 1. The number of rotatable bonds is 11. The number of nitrogens with one attached hydrogen (secondary N) is 3. The lowest BCUT2D eigenvalue weighted by molar-refractivity contribution is -0.145. The van der Waals surface area contributed by atoms with Crippen LogP contribution in [-0.4, -0.2) is 87.6 Å². The highest BCUT2D eigenvalue weighted by Crippen LogP contribution is 2.00. The van der Waals surface area contributed by atoms with Crippen LogP contribution in [0.5, 0.6) is 0 Å². The standard InChI is InChI=1S/C15H28N4O8/c1-6(2)10(16)14(25)18-8(4-20)12(23)17-9(5-21)13(24)19-11(7(3)22)15(26)27/h6-11,20-22H,4-5,16H2,1-3H3,(H,17,23)(H,18,25)(H,19,24)(H,26,27)/t7-,8+,9+,10+,11+/m1/s1. The average Bonchev–Trinajstić information content (AvgIpc) is 2.59. The van der Waals surface area contributed by atoms with Gasteiger partial charge >= 0.3 is 5.97 Å². The summed E-state index contributed by atoms with van der Waals surface area (Å²) in [7, 11) is 0. The quantitative estimate of drug-likeness (QED) is 0.171. The summed E-state index contributed by atoms with van der Waals surface area (Å²) < 4.78 is 0. The third-order valence-corrected chi connectivity index (χ3v) is 3.70. The van der Waals surface area contributed by atoms with Gasteiger partial charge in [-0.2, -0.15) is 0 Å². The second kappa shape index (κ2) is 11.4. The third-order valence-electron chi connectivity index (χ3n) is 3.70. The topological polar surface area (TPSA) is 211 Å². The molecule has 0 rings (SSSR count). The molecule has 0 bridgehead atoms. The van der Waals surface area contributed by atoms with Crippen molar-refractivity contribution < 1.29 is 39.6 Å². The number of carbonyl (C=O) groups is 4. The van der Waals surface area contributed by atoms with Crippen molar-refractivity contribution >= 4 is 23.7 Å². The minimum Gasteiger partial charge on any atom is -0.480 e. The molecule has 9 N–H and O–H groups in total. The molecule has 0 spiro atoms. The zero-order valence-electron chi connectivity index (χ0n) is 15.4. The second-order valence-corrected chi connectivity index (χ2v) is 6.32. The van der Waals surface area contributed by atoms with E-state index >= 15 is 0 Å². The highest BCUT2D eigenvalue weighted by Gasteiger charge is 2.31. The average molecular weight is 392 g/mol. The maximum atomic E-state index is 12.1. The lowest BCUT2D eigenvalue weighted by Crippen LogP contribution is -2.60. The van der Waals surface area contributed by atoms with Crippen LogP contribution in [0.2, 0.25) is 0 Å². The van der Waals surface area contributed by atoms with Gasteiger partial charge in [-0.05, 0) is 12.8 Å². The molecule has 12 nitrogen and oxygen atoms in total. The molecule has 3 amide bonds. The van der Waals surface area contributed by atoms with Crippen LogP contribution in [0.4, 0.5) is 0 Å². The molecule has 0 radical (unpaired) electrons. The van der Waals surface area contributed by atoms with Gasteiger partial charge < -0.3 is 42.1 Å². The Kier molecular flexibility index (Phi) is 10.5. The molecule has 12 heteroatoms. The fourth-order valence-electron chi connectivity index (χ4n) is 1.87. The molecular formula is C15H28N4O8. The number of aliphatic hydroxyl groups excluding tert-OH is 3. The molecule has 156 valence electrons. The smallest absolute Gasteiger partial charge is 0.328 e. The van der Waals surface area contributed by atoms with Crippen molar-refractivity contribution in [2.24, 2.45) is 11.7 Å². The van der Waals surface area contributed by atoms with Crippen molar-refractivity contribution in [3.05, 3.63) is 0 Å². The molecule has 27 heavy (non-hydrogen) atoms. The summed E-state index contributed by atoms with van der Waals surface area (Å²) in [6.07, 6.45) is -1.43. The fraction of sp³-hybridized carbons (Fsp3) is 0.733. The van der Waals surface area contributed by atoms with E-state index in [4.69, 9.17) is 10.8 Å². The van der Waals surface area contributed by atoms with Crippen molar-refractivity contribution in [2.45, 2.75) is 51.0 Å². The predicted molar refractivity (Wildman–Crippen MR) is 92.1 cm³/mol. The number of amides is 3. The molecule has 0 unspecified atom stereocenters. The summed E-state index contributed by atoms with van der Waals surface area (Å²) in [6.45, 7) is 2.83. The van der Waals surface area contributed by atoms with E-state index in [1.54, 1.807) is 13.8 Å². The van der Waals surface area contributed by atoms with Crippen LogP contribution >= 0.6 is 0 Å². The first-order chi connectivity index (χ1) is 12.5. The Morgan fingerprint density at radius 2 is 1.26 bits per heavy atom. The first-order valence-corrected chi connectivity index (χ1v) is 8.25. The van der Waals surface area contributed by atoms with Gasteiger partial charge in [0.05, 0.1) is 25.4 Å². The number of aliphatic carboxylic acids is 1. The summed E-state index contributed by atoms with van der Waals surface area (Å²) in [6, 6.07) is -5.58. The highest BCUT2D eigenvalue weighted by molar-refractivity contribution is 5.94. The molecule has 5 atom stereocenters. The zero-order chi connectivity index (χ0) is 21.3. The molecule has 0 saturated heterocycles. The van der Waals surface area contributed by atoms with Crippen LogP contribution in [0, 0.1) is 5.92 Å². The number of hydrogen-bond donors (Lipinski definition) is 8. The minimum absolute atomic E-state index is 0.225. The molecule has 0 aliphatic heterocycles. The lowest BCUT2D eigenvalue weighted by atomic mass is 10.0. The van der Waals surface area contributed by atoms with E-state index in [-0.39, 0.29) is 5.92 Å². The van der Waals surface area contributed by atoms with Crippen molar-refractivity contribution in [3.8, 4) is 0 Å². The third kappa shape index (κ3) is 7.86. The van der Waals surface area contributed by atoms with E-state index in [9.17, 15) is 34.5 Å². The van der Waals surface area contributed by atoms with Gasteiger partial charge in [0.25, 0.3) is 0 Å². The normalized spacial score (nSPS) is 16.6. The predicted octanol–water partition coefficient (Wildman–Crippen LogP) is -4.13. The van der Waals surface area contributed by atoms with Gasteiger partial charge in [0, 0.05) is 0 Å². The van der Waals surface area contributed by atoms with Gasteiger partial charge in [0.1, 0.15) is 12.1 Å². The molecule has 0 saturated carbocycles. The Labute approximate surface area is 156 Å². The number of carboxylic acids is 1. The van der Waals surface area contributed by atoms with E-state index in [1.165, 1.54) is 0 Å². The molecule has 0 aromatic rings. The van der Waals surface area contributed by atoms with Crippen molar-refractivity contribution in [3.63, 3.8) is 0 Å². The second-order valence-electron chi connectivity index (χ2n) is 6.32. The van der Waals surface area contributed by atoms with E-state index in [1.807, 2.05) is 5.32 Å². The van der Waals surface area contributed by atoms with Gasteiger partial charge in [-0.15, -0.1) is 0 Å². The maximum Gasteiger partial charge on any atom is 0.328 e. The Morgan fingerprint density at radius 3 is 1.59 bits per heavy atom. The van der Waals surface area contributed by atoms with Crippen LogP contribution < -0.4 is 21.7 Å². The van der Waals surface area contributed by atoms with Crippen LogP contribution in [-0.2, 0) is 19.2 Å². The Morgan fingerprint density at radius 1 is 0.852 bits per heavy atom. The summed E-state index contributed by atoms with van der Waals surface area (Å²) in [5, 5.41) is 43.1. The van der Waals surface area contributed by atoms with Gasteiger partial charge in [0.2, 0.25) is 17.7 Å². The summed E-state index contributed by atoms with van der Waals surface area (Å²) >= 11 is 0. The first-order valence-electron chi connectivity index (χ1n) is 8.25. The van der Waals surface area contributed by atoms with E-state index in [2.05, 4.69) is 10.6 Å². The zero-order valence-corrected chi connectivity index (χ0v) is 15.4. The Bertz CT molecular complexity index is 540. The molecule has 0 aliphatic carbocycles. The Balaban J connectivity index is 5.00. The molecule has 0 heterocycles. The van der Waals surface area contributed by atoms with E-state index < -0.39 is 67.2 Å². The Hall–Kier alpha value is -2.28. The van der Waals surface area contributed by atoms with E-state index in [0.29, 0.717) is 0 Å².